The Morgan fingerprint density at radius 2 is 1.73 bits per heavy atom. The molecule has 0 saturated carbocycles. The number of piperazine rings is 1. The Balaban J connectivity index is 0.00000320. The Labute approximate surface area is 219 Å². The van der Waals surface area contributed by atoms with Crippen molar-refractivity contribution in [3.8, 4) is 17.0 Å². The molecule has 0 aliphatic carbocycles. The molecule has 37 heavy (non-hydrogen) atoms. The molecule has 4 aromatic rings. The van der Waals surface area contributed by atoms with Crippen molar-refractivity contribution in [1.29, 1.82) is 0 Å². The summed E-state index contributed by atoms with van der Waals surface area (Å²) < 4.78 is 32.4. The van der Waals surface area contributed by atoms with Crippen LogP contribution < -0.4 is 15.0 Å². The van der Waals surface area contributed by atoms with E-state index in [1.807, 2.05) is 55.5 Å². The number of benzene rings is 3. The van der Waals surface area contributed by atoms with Gasteiger partial charge in [-0.1, -0.05) is 24.3 Å². The van der Waals surface area contributed by atoms with Crippen molar-refractivity contribution in [2.75, 3.05) is 37.0 Å². The van der Waals surface area contributed by atoms with E-state index in [9.17, 15) is 13.6 Å². The van der Waals surface area contributed by atoms with Gasteiger partial charge in [0.25, 0.3) is 0 Å². The normalized spacial score (nSPS) is 15.3. The highest BCUT2D eigenvalue weighted by atomic mass is 35.5. The minimum absolute atomic E-state index is 0. The summed E-state index contributed by atoms with van der Waals surface area (Å²) in [6.45, 7) is 3.39. The van der Waals surface area contributed by atoms with Crippen molar-refractivity contribution in [2.45, 2.75) is 13.0 Å². The minimum atomic E-state index is -0.812. The topological polar surface area (TPSA) is 70.6 Å². The third kappa shape index (κ3) is 5.27. The van der Waals surface area contributed by atoms with Crippen molar-refractivity contribution in [1.82, 2.24) is 15.1 Å². The number of ether oxygens (including phenoxy) is 1. The van der Waals surface area contributed by atoms with Crippen LogP contribution in [0.1, 0.15) is 6.92 Å². The maximum absolute atomic E-state index is 14.0. The number of rotatable bonds is 4. The van der Waals surface area contributed by atoms with Crippen LogP contribution in [-0.2, 0) is 0 Å². The van der Waals surface area contributed by atoms with E-state index in [2.05, 4.69) is 20.4 Å². The van der Waals surface area contributed by atoms with Crippen LogP contribution in [0.5, 0.6) is 5.75 Å². The summed E-state index contributed by atoms with van der Waals surface area (Å²) in [5.74, 6) is 0.0113. The standard InChI is InChI=1S/C27H25F2N5O2.ClH/c1-17-16-33(13-14-34(17)27(35)30-24-12-9-19(28)15-23(24)29)26-22-6-4-3-5-21(22)25(31-32-26)18-7-10-20(36-2)11-8-18;/h3-12,15,17H,13-14,16H2,1-2H3,(H,30,35);1H/t17-;/m0./s1. The van der Waals surface area contributed by atoms with E-state index in [4.69, 9.17) is 4.74 Å². The van der Waals surface area contributed by atoms with E-state index in [1.54, 1.807) is 12.0 Å². The zero-order chi connectivity index (χ0) is 25.2. The number of hydrogen-bond acceptors (Lipinski definition) is 5. The smallest absolute Gasteiger partial charge is 0.322 e. The SMILES string of the molecule is COc1ccc(-c2nnc(N3CCN(C(=O)Nc4ccc(F)cc4F)[C@@H](C)C3)c3ccccc23)cc1.Cl. The molecule has 2 heterocycles. The van der Waals surface area contributed by atoms with Crippen molar-refractivity contribution < 1.29 is 18.3 Å². The number of anilines is 2. The van der Waals surface area contributed by atoms with Gasteiger partial charge in [0.05, 0.1) is 12.8 Å². The average molecular weight is 526 g/mol. The van der Waals surface area contributed by atoms with Gasteiger partial charge in [0.1, 0.15) is 23.1 Å². The molecular formula is C27H26ClF2N5O2. The number of methoxy groups -OCH3 is 1. The van der Waals surface area contributed by atoms with Crippen LogP contribution in [-0.4, -0.2) is 53.9 Å². The molecule has 3 aromatic carbocycles. The van der Waals surface area contributed by atoms with E-state index < -0.39 is 17.7 Å². The van der Waals surface area contributed by atoms with Gasteiger partial charge in [-0.2, -0.15) is 0 Å². The summed E-state index contributed by atoms with van der Waals surface area (Å²) in [6.07, 6.45) is 0. The highest BCUT2D eigenvalue weighted by molar-refractivity contribution is 6.00. The molecule has 1 aliphatic rings. The first-order valence-corrected chi connectivity index (χ1v) is 11.6. The minimum Gasteiger partial charge on any atom is -0.497 e. The van der Waals surface area contributed by atoms with Gasteiger partial charge in [-0.25, -0.2) is 13.6 Å². The molecule has 1 aliphatic heterocycles. The lowest BCUT2D eigenvalue weighted by molar-refractivity contribution is 0.184. The monoisotopic (exact) mass is 525 g/mol. The van der Waals surface area contributed by atoms with E-state index in [0.29, 0.717) is 19.6 Å². The Bertz CT molecular complexity index is 1420. The zero-order valence-corrected chi connectivity index (χ0v) is 21.1. The summed E-state index contributed by atoms with van der Waals surface area (Å²) in [6, 6.07) is 18.2. The Kier molecular flexibility index (Phi) is 7.73. The van der Waals surface area contributed by atoms with E-state index in [1.165, 1.54) is 6.07 Å². The van der Waals surface area contributed by atoms with Crippen LogP contribution in [0.3, 0.4) is 0 Å². The second-order valence-corrected chi connectivity index (χ2v) is 8.69. The van der Waals surface area contributed by atoms with Gasteiger partial charge in [-0.05, 0) is 43.3 Å². The summed E-state index contributed by atoms with van der Waals surface area (Å²) in [4.78, 5) is 16.6. The molecule has 5 rings (SSSR count). The van der Waals surface area contributed by atoms with Crippen LogP contribution in [0.15, 0.2) is 66.7 Å². The molecule has 192 valence electrons. The quantitative estimate of drug-likeness (QED) is 0.367. The first-order chi connectivity index (χ1) is 17.4. The lowest BCUT2D eigenvalue weighted by Crippen LogP contribution is -2.55. The van der Waals surface area contributed by atoms with Gasteiger partial charge in [0.15, 0.2) is 5.82 Å². The molecule has 1 saturated heterocycles. The molecule has 1 aromatic heterocycles. The van der Waals surface area contributed by atoms with E-state index >= 15 is 0 Å². The molecule has 1 N–H and O–H groups in total. The maximum Gasteiger partial charge on any atom is 0.322 e. The molecule has 1 atom stereocenters. The fraction of sp³-hybridized carbons (Fsp3) is 0.222. The largest absolute Gasteiger partial charge is 0.497 e. The highest BCUT2D eigenvalue weighted by Gasteiger charge is 2.30. The van der Waals surface area contributed by atoms with Gasteiger partial charge >= 0.3 is 6.03 Å². The van der Waals surface area contributed by atoms with Crippen LogP contribution in [0.4, 0.5) is 25.1 Å². The molecule has 0 spiro atoms. The molecule has 10 heteroatoms. The number of carbonyl (C=O) groups excluding carboxylic acids is 1. The highest BCUT2D eigenvalue weighted by Crippen LogP contribution is 2.33. The second kappa shape index (κ2) is 11.0. The van der Waals surface area contributed by atoms with E-state index in [0.717, 1.165) is 45.7 Å². The number of amides is 2. The van der Waals surface area contributed by atoms with Crippen molar-refractivity contribution in [3.63, 3.8) is 0 Å². The number of carbonyl (C=O) groups is 1. The van der Waals surface area contributed by atoms with Gasteiger partial charge in [-0.15, -0.1) is 22.6 Å². The Morgan fingerprint density at radius 3 is 2.41 bits per heavy atom. The molecule has 0 bridgehead atoms. The summed E-state index contributed by atoms with van der Waals surface area (Å²) in [7, 11) is 1.63. The van der Waals surface area contributed by atoms with Crippen LogP contribution >= 0.6 is 12.4 Å². The molecule has 0 unspecified atom stereocenters. The number of hydrogen-bond donors (Lipinski definition) is 1. The van der Waals surface area contributed by atoms with Crippen molar-refractivity contribution in [2.24, 2.45) is 0 Å². The molecule has 7 nitrogen and oxygen atoms in total. The lowest BCUT2D eigenvalue weighted by atomic mass is 10.0. The number of nitrogens with one attached hydrogen (secondary N) is 1. The van der Waals surface area contributed by atoms with Crippen LogP contribution in [0.25, 0.3) is 22.0 Å². The van der Waals surface area contributed by atoms with Crippen molar-refractivity contribution in [3.05, 3.63) is 78.4 Å². The van der Waals surface area contributed by atoms with Crippen LogP contribution in [0, 0.1) is 11.6 Å². The van der Waals surface area contributed by atoms with E-state index in [-0.39, 0.29) is 24.1 Å². The van der Waals surface area contributed by atoms with Crippen LogP contribution in [0.2, 0.25) is 0 Å². The van der Waals surface area contributed by atoms with Gasteiger partial charge in [0, 0.05) is 48.1 Å². The molecule has 1 fully saturated rings. The molecule has 2 amide bonds. The summed E-state index contributed by atoms with van der Waals surface area (Å²) in [5, 5.41) is 13.6. The third-order valence-electron chi connectivity index (χ3n) is 6.39. The number of urea groups is 1. The number of nitrogens with zero attached hydrogens (tertiary/aromatic N) is 4. The summed E-state index contributed by atoms with van der Waals surface area (Å²) >= 11 is 0. The number of aromatic nitrogens is 2. The fourth-order valence-electron chi connectivity index (χ4n) is 4.51. The van der Waals surface area contributed by atoms with Crippen molar-refractivity contribution >= 4 is 40.7 Å². The summed E-state index contributed by atoms with van der Waals surface area (Å²) in [5.41, 5.74) is 1.67. The lowest BCUT2D eigenvalue weighted by Gasteiger charge is -2.40. The first kappa shape index (κ1) is 26.1. The predicted octanol–water partition coefficient (Wildman–Crippen LogP) is 5.75. The zero-order valence-electron chi connectivity index (χ0n) is 20.3. The Hall–Kier alpha value is -3.98. The predicted molar refractivity (Wildman–Crippen MR) is 143 cm³/mol. The molecular weight excluding hydrogens is 500 g/mol. The average Bonchev–Trinajstić information content (AvgIpc) is 2.89. The van der Waals surface area contributed by atoms with Gasteiger partial charge in [0.2, 0.25) is 0 Å². The van der Waals surface area contributed by atoms with Gasteiger partial charge < -0.3 is 19.9 Å². The first-order valence-electron chi connectivity index (χ1n) is 11.6. The fourth-order valence-corrected chi connectivity index (χ4v) is 4.51. The van der Waals surface area contributed by atoms with Gasteiger partial charge in [-0.3, -0.25) is 0 Å². The second-order valence-electron chi connectivity index (χ2n) is 8.69. The number of fused-ring (bicyclic) bond motifs is 1. The maximum atomic E-state index is 14.0. The number of halogens is 3. The third-order valence-corrected chi connectivity index (χ3v) is 6.39. The molecule has 0 radical (unpaired) electrons. The Morgan fingerprint density at radius 1 is 1.00 bits per heavy atom.